The molecule has 0 aliphatic carbocycles. The Morgan fingerprint density at radius 1 is 0.923 bits per heavy atom. The van der Waals surface area contributed by atoms with Crippen LogP contribution in [-0.2, 0) is 4.79 Å². The molecule has 0 saturated carbocycles. The molecule has 2 rings (SSSR count). The summed E-state index contributed by atoms with van der Waals surface area (Å²) in [5.74, 6) is 1.99. The summed E-state index contributed by atoms with van der Waals surface area (Å²) in [6.07, 6.45) is -0.637. The van der Waals surface area contributed by atoms with Gasteiger partial charge in [-0.2, -0.15) is 0 Å². The van der Waals surface area contributed by atoms with Gasteiger partial charge in [-0.25, -0.2) is 0 Å². The van der Waals surface area contributed by atoms with Gasteiger partial charge in [-0.1, -0.05) is 26.0 Å². The molecule has 0 fully saturated rings. The van der Waals surface area contributed by atoms with Gasteiger partial charge in [0, 0.05) is 11.8 Å². The number of carbonyl (C=O) groups excluding carboxylic acids is 1. The van der Waals surface area contributed by atoms with E-state index in [0.29, 0.717) is 23.1 Å². The number of nitrogens with one attached hydrogen (secondary N) is 1. The van der Waals surface area contributed by atoms with Gasteiger partial charge in [-0.15, -0.1) is 0 Å². The predicted octanol–water partition coefficient (Wildman–Crippen LogP) is 4.54. The third-order valence-electron chi connectivity index (χ3n) is 4.12. The van der Waals surface area contributed by atoms with Crippen LogP contribution in [0.3, 0.4) is 0 Å². The zero-order valence-electron chi connectivity index (χ0n) is 16.3. The highest BCUT2D eigenvalue weighted by Crippen LogP contribution is 2.31. The second-order valence-corrected chi connectivity index (χ2v) is 6.52. The van der Waals surface area contributed by atoms with E-state index in [1.807, 2.05) is 19.1 Å². The molecule has 5 heteroatoms. The number of methoxy groups -OCH3 is 2. The molecule has 2 aromatic carbocycles. The van der Waals surface area contributed by atoms with E-state index in [0.717, 1.165) is 16.9 Å². The van der Waals surface area contributed by atoms with Crippen molar-refractivity contribution in [3.63, 3.8) is 0 Å². The third-order valence-corrected chi connectivity index (χ3v) is 4.12. The lowest BCUT2D eigenvalue weighted by molar-refractivity contribution is -0.122. The van der Waals surface area contributed by atoms with Gasteiger partial charge in [0.2, 0.25) is 0 Å². The number of hydrogen-bond acceptors (Lipinski definition) is 4. The summed E-state index contributed by atoms with van der Waals surface area (Å²) in [5, 5.41) is 2.85. The lowest BCUT2D eigenvalue weighted by Crippen LogP contribution is -2.30. The van der Waals surface area contributed by atoms with Crippen molar-refractivity contribution in [2.24, 2.45) is 0 Å². The smallest absolute Gasteiger partial charge is 0.265 e. The maximum Gasteiger partial charge on any atom is 0.265 e. The van der Waals surface area contributed by atoms with Gasteiger partial charge < -0.3 is 19.5 Å². The first kappa shape index (κ1) is 19.6. The van der Waals surface area contributed by atoms with Crippen LogP contribution in [0.1, 0.15) is 37.8 Å². The quantitative estimate of drug-likeness (QED) is 0.790. The van der Waals surface area contributed by atoms with Gasteiger partial charge in [0.1, 0.15) is 5.75 Å². The number of ether oxygens (including phenoxy) is 3. The Morgan fingerprint density at radius 2 is 1.62 bits per heavy atom. The highest BCUT2D eigenvalue weighted by molar-refractivity contribution is 5.94. The van der Waals surface area contributed by atoms with Gasteiger partial charge in [0.05, 0.1) is 14.2 Å². The summed E-state index contributed by atoms with van der Waals surface area (Å²) in [5.41, 5.74) is 2.80. The van der Waals surface area contributed by atoms with Gasteiger partial charge in [0.25, 0.3) is 5.91 Å². The van der Waals surface area contributed by atoms with Crippen molar-refractivity contribution in [1.82, 2.24) is 0 Å². The Labute approximate surface area is 155 Å². The van der Waals surface area contributed by atoms with E-state index in [2.05, 4.69) is 25.2 Å². The van der Waals surface area contributed by atoms with Crippen molar-refractivity contribution in [1.29, 1.82) is 0 Å². The van der Waals surface area contributed by atoms with Crippen LogP contribution in [0, 0.1) is 6.92 Å². The number of benzene rings is 2. The molecule has 2 aromatic rings. The Kier molecular flexibility index (Phi) is 6.50. The molecule has 5 nitrogen and oxygen atoms in total. The minimum absolute atomic E-state index is 0.228. The summed E-state index contributed by atoms with van der Waals surface area (Å²) in [6, 6.07) is 11.3. The standard InChI is InChI=1S/C21H27NO4/c1-13(2)17-9-7-14(3)11-19(17)26-15(4)21(23)22-16-8-10-18(24-5)20(12-16)25-6/h7-13,15H,1-6H3,(H,22,23). The fraction of sp³-hybridized carbons (Fsp3) is 0.381. The molecule has 0 aliphatic rings. The number of carbonyl (C=O) groups is 1. The monoisotopic (exact) mass is 357 g/mol. The number of amides is 1. The molecule has 26 heavy (non-hydrogen) atoms. The van der Waals surface area contributed by atoms with E-state index >= 15 is 0 Å². The van der Waals surface area contributed by atoms with Crippen LogP contribution >= 0.6 is 0 Å². The van der Waals surface area contributed by atoms with Gasteiger partial charge in [-0.3, -0.25) is 4.79 Å². The summed E-state index contributed by atoms with van der Waals surface area (Å²) < 4.78 is 16.4. The largest absolute Gasteiger partial charge is 0.493 e. The van der Waals surface area contributed by atoms with Crippen LogP contribution in [0.2, 0.25) is 0 Å². The molecule has 1 atom stereocenters. The Balaban J connectivity index is 2.12. The highest BCUT2D eigenvalue weighted by Gasteiger charge is 2.18. The van der Waals surface area contributed by atoms with E-state index < -0.39 is 6.10 Å². The van der Waals surface area contributed by atoms with Gasteiger partial charge >= 0.3 is 0 Å². The summed E-state index contributed by atoms with van der Waals surface area (Å²) in [6.45, 7) is 7.95. The van der Waals surface area contributed by atoms with Crippen LogP contribution in [0.4, 0.5) is 5.69 Å². The Morgan fingerprint density at radius 3 is 2.23 bits per heavy atom. The fourth-order valence-corrected chi connectivity index (χ4v) is 2.62. The lowest BCUT2D eigenvalue weighted by atomic mass is 10.0. The van der Waals surface area contributed by atoms with E-state index in [-0.39, 0.29) is 5.91 Å². The van der Waals surface area contributed by atoms with E-state index in [9.17, 15) is 4.79 Å². The van der Waals surface area contributed by atoms with Crippen molar-refractivity contribution in [2.45, 2.75) is 39.7 Å². The summed E-state index contributed by atoms with van der Waals surface area (Å²) >= 11 is 0. The maximum absolute atomic E-state index is 12.5. The van der Waals surface area contributed by atoms with E-state index in [1.54, 1.807) is 39.3 Å². The average Bonchev–Trinajstić information content (AvgIpc) is 2.61. The number of hydrogen-bond donors (Lipinski definition) is 1. The third kappa shape index (κ3) is 4.69. The molecule has 0 radical (unpaired) electrons. The normalized spacial score (nSPS) is 11.8. The van der Waals surface area contributed by atoms with Crippen LogP contribution in [-0.4, -0.2) is 26.2 Å². The molecule has 0 heterocycles. The molecule has 1 N–H and O–H groups in total. The lowest BCUT2D eigenvalue weighted by Gasteiger charge is -2.19. The SMILES string of the molecule is COc1ccc(NC(=O)C(C)Oc2cc(C)ccc2C(C)C)cc1OC. The molecule has 140 valence electrons. The molecule has 0 spiro atoms. The van der Waals surface area contributed by atoms with Crippen molar-refractivity contribution in [2.75, 3.05) is 19.5 Å². The number of rotatable bonds is 7. The van der Waals surface area contributed by atoms with Gasteiger partial charge in [-0.05, 0) is 49.1 Å². The van der Waals surface area contributed by atoms with Crippen molar-refractivity contribution in [3.05, 3.63) is 47.5 Å². The second kappa shape index (κ2) is 8.61. The van der Waals surface area contributed by atoms with Crippen LogP contribution in [0.25, 0.3) is 0 Å². The first-order chi connectivity index (χ1) is 12.3. The minimum Gasteiger partial charge on any atom is -0.493 e. The first-order valence-electron chi connectivity index (χ1n) is 8.65. The van der Waals surface area contributed by atoms with Crippen molar-refractivity contribution in [3.8, 4) is 17.2 Å². The van der Waals surface area contributed by atoms with E-state index in [4.69, 9.17) is 14.2 Å². The maximum atomic E-state index is 12.5. The van der Waals surface area contributed by atoms with Crippen LogP contribution in [0.15, 0.2) is 36.4 Å². The van der Waals surface area contributed by atoms with Crippen molar-refractivity contribution >= 4 is 11.6 Å². The zero-order chi connectivity index (χ0) is 19.3. The topological polar surface area (TPSA) is 56.8 Å². The molecule has 1 amide bonds. The van der Waals surface area contributed by atoms with Crippen molar-refractivity contribution < 1.29 is 19.0 Å². The number of aryl methyl sites for hydroxylation is 1. The molecule has 0 aromatic heterocycles. The second-order valence-electron chi connectivity index (χ2n) is 6.52. The van der Waals surface area contributed by atoms with E-state index in [1.165, 1.54) is 0 Å². The predicted molar refractivity (Wildman–Crippen MR) is 104 cm³/mol. The summed E-state index contributed by atoms with van der Waals surface area (Å²) in [7, 11) is 3.13. The molecule has 0 saturated heterocycles. The molecular formula is C21H27NO4. The van der Waals surface area contributed by atoms with Crippen LogP contribution < -0.4 is 19.5 Å². The minimum atomic E-state index is -0.637. The molecule has 0 bridgehead atoms. The average molecular weight is 357 g/mol. The Bertz CT molecular complexity index is 771. The zero-order valence-corrected chi connectivity index (χ0v) is 16.3. The number of anilines is 1. The van der Waals surface area contributed by atoms with Gasteiger partial charge in [0.15, 0.2) is 17.6 Å². The molecular weight excluding hydrogens is 330 g/mol. The first-order valence-corrected chi connectivity index (χ1v) is 8.65. The fourth-order valence-electron chi connectivity index (χ4n) is 2.62. The molecule has 1 unspecified atom stereocenters. The summed E-state index contributed by atoms with van der Waals surface area (Å²) in [4.78, 5) is 12.5. The molecule has 0 aliphatic heterocycles. The highest BCUT2D eigenvalue weighted by atomic mass is 16.5. The Hall–Kier alpha value is -2.69. The van der Waals surface area contributed by atoms with Crippen LogP contribution in [0.5, 0.6) is 17.2 Å².